The van der Waals surface area contributed by atoms with E-state index in [-0.39, 0.29) is 5.91 Å². The van der Waals surface area contributed by atoms with Crippen LogP contribution < -0.4 is 10.6 Å². The standard InChI is InChI=1S/C14H22N2O/c1-10(2)9-15-14(17)12-7-5-6-8-13(12)16-11(3)4/h5-8,10-11,16H,9H2,1-4H3,(H,15,17). The van der Waals surface area contributed by atoms with E-state index < -0.39 is 0 Å². The first kappa shape index (κ1) is 13.6. The summed E-state index contributed by atoms with van der Waals surface area (Å²) in [6, 6.07) is 7.92. The molecule has 0 radical (unpaired) electrons. The van der Waals surface area contributed by atoms with E-state index in [4.69, 9.17) is 0 Å². The normalized spacial score (nSPS) is 10.7. The molecule has 0 unspecified atom stereocenters. The van der Waals surface area contributed by atoms with Crippen molar-refractivity contribution in [1.29, 1.82) is 0 Å². The van der Waals surface area contributed by atoms with Crippen molar-refractivity contribution >= 4 is 11.6 Å². The topological polar surface area (TPSA) is 41.1 Å². The van der Waals surface area contributed by atoms with Gasteiger partial charge in [-0.15, -0.1) is 0 Å². The van der Waals surface area contributed by atoms with E-state index in [9.17, 15) is 4.79 Å². The molecule has 0 saturated carbocycles. The summed E-state index contributed by atoms with van der Waals surface area (Å²) in [5.41, 5.74) is 1.60. The Hall–Kier alpha value is -1.51. The van der Waals surface area contributed by atoms with E-state index in [1.165, 1.54) is 0 Å². The van der Waals surface area contributed by atoms with E-state index in [1.807, 2.05) is 24.3 Å². The van der Waals surface area contributed by atoms with Gasteiger partial charge < -0.3 is 10.6 Å². The molecule has 0 fully saturated rings. The van der Waals surface area contributed by atoms with Crippen LogP contribution in [0.3, 0.4) is 0 Å². The number of anilines is 1. The van der Waals surface area contributed by atoms with Crippen LogP contribution in [0.25, 0.3) is 0 Å². The Labute approximate surface area is 104 Å². The summed E-state index contributed by atoms with van der Waals surface area (Å²) < 4.78 is 0. The molecule has 0 spiro atoms. The van der Waals surface area contributed by atoms with Crippen LogP contribution in [0.5, 0.6) is 0 Å². The lowest BCUT2D eigenvalue weighted by Gasteiger charge is -2.15. The Bertz CT molecular complexity index is 372. The predicted molar refractivity (Wildman–Crippen MR) is 72.4 cm³/mol. The molecule has 0 aromatic heterocycles. The molecule has 1 aromatic carbocycles. The molecule has 1 rings (SSSR count). The first-order valence-electron chi connectivity index (χ1n) is 6.14. The molecule has 3 heteroatoms. The Balaban J connectivity index is 2.78. The van der Waals surface area contributed by atoms with Crippen molar-refractivity contribution < 1.29 is 4.79 Å². The smallest absolute Gasteiger partial charge is 0.253 e. The fraction of sp³-hybridized carbons (Fsp3) is 0.500. The number of para-hydroxylation sites is 1. The second kappa shape index (κ2) is 6.28. The number of hydrogen-bond acceptors (Lipinski definition) is 2. The minimum atomic E-state index is -0.0116. The molecular weight excluding hydrogens is 212 g/mol. The van der Waals surface area contributed by atoms with Crippen LogP contribution in [0.2, 0.25) is 0 Å². The van der Waals surface area contributed by atoms with E-state index in [0.29, 0.717) is 24.1 Å². The summed E-state index contributed by atoms with van der Waals surface area (Å²) in [5, 5.41) is 6.21. The third-order valence-electron chi connectivity index (χ3n) is 2.29. The van der Waals surface area contributed by atoms with Crippen LogP contribution in [0.4, 0.5) is 5.69 Å². The highest BCUT2D eigenvalue weighted by Gasteiger charge is 2.11. The number of rotatable bonds is 5. The van der Waals surface area contributed by atoms with Gasteiger partial charge in [0.15, 0.2) is 0 Å². The number of carbonyl (C=O) groups is 1. The Morgan fingerprint density at radius 2 is 1.82 bits per heavy atom. The number of hydrogen-bond donors (Lipinski definition) is 2. The van der Waals surface area contributed by atoms with Gasteiger partial charge in [0.2, 0.25) is 0 Å². The van der Waals surface area contributed by atoms with E-state index in [0.717, 1.165) is 5.69 Å². The monoisotopic (exact) mass is 234 g/mol. The molecule has 0 aliphatic heterocycles. The summed E-state index contributed by atoms with van der Waals surface area (Å²) in [5.74, 6) is 0.451. The zero-order valence-electron chi connectivity index (χ0n) is 11.1. The Morgan fingerprint density at radius 1 is 1.18 bits per heavy atom. The molecule has 0 heterocycles. The number of benzene rings is 1. The third kappa shape index (κ3) is 4.47. The Morgan fingerprint density at radius 3 is 2.41 bits per heavy atom. The van der Waals surface area contributed by atoms with Crippen LogP contribution in [-0.4, -0.2) is 18.5 Å². The summed E-state index contributed by atoms with van der Waals surface area (Å²) in [6.45, 7) is 8.98. The molecule has 94 valence electrons. The second-order valence-corrected chi connectivity index (χ2v) is 4.95. The van der Waals surface area contributed by atoms with Crippen molar-refractivity contribution in [2.45, 2.75) is 33.7 Å². The molecule has 1 amide bonds. The minimum absolute atomic E-state index is 0.0116. The van der Waals surface area contributed by atoms with Gasteiger partial charge in [-0.1, -0.05) is 26.0 Å². The van der Waals surface area contributed by atoms with Gasteiger partial charge in [0.1, 0.15) is 0 Å². The van der Waals surface area contributed by atoms with Crippen LogP contribution >= 0.6 is 0 Å². The average Bonchev–Trinajstić information content (AvgIpc) is 2.25. The van der Waals surface area contributed by atoms with Gasteiger partial charge >= 0.3 is 0 Å². The van der Waals surface area contributed by atoms with Gasteiger partial charge in [-0.05, 0) is 31.9 Å². The van der Waals surface area contributed by atoms with Crippen molar-refractivity contribution in [3.05, 3.63) is 29.8 Å². The van der Waals surface area contributed by atoms with Gasteiger partial charge in [0.25, 0.3) is 5.91 Å². The van der Waals surface area contributed by atoms with Gasteiger partial charge in [0, 0.05) is 18.3 Å². The van der Waals surface area contributed by atoms with Gasteiger partial charge in [-0.3, -0.25) is 4.79 Å². The highest BCUT2D eigenvalue weighted by atomic mass is 16.1. The van der Waals surface area contributed by atoms with Crippen molar-refractivity contribution in [3.63, 3.8) is 0 Å². The molecule has 0 saturated heterocycles. The van der Waals surface area contributed by atoms with Crippen LogP contribution in [0, 0.1) is 5.92 Å². The fourth-order valence-corrected chi connectivity index (χ4v) is 1.51. The lowest BCUT2D eigenvalue weighted by atomic mass is 10.1. The number of carbonyl (C=O) groups excluding carboxylic acids is 1. The maximum absolute atomic E-state index is 12.0. The largest absolute Gasteiger partial charge is 0.382 e. The minimum Gasteiger partial charge on any atom is -0.382 e. The number of amides is 1. The van der Waals surface area contributed by atoms with Crippen molar-refractivity contribution in [1.82, 2.24) is 5.32 Å². The third-order valence-corrected chi connectivity index (χ3v) is 2.29. The molecule has 17 heavy (non-hydrogen) atoms. The first-order chi connectivity index (χ1) is 8.00. The average molecular weight is 234 g/mol. The summed E-state index contributed by atoms with van der Waals surface area (Å²) >= 11 is 0. The lowest BCUT2D eigenvalue weighted by Crippen LogP contribution is -2.28. The van der Waals surface area contributed by atoms with Crippen LogP contribution in [0.15, 0.2) is 24.3 Å². The van der Waals surface area contributed by atoms with E-state index >= 15 is 0 Å². The lowest BCUT2D eigenvalue weighted by molar-refractivity contribution is 0.0950. The zero-order chi connectivity index (χ0) is 12.8. The molecule has 0 atom stereocenters. The van der Waals surface area contributed by atoms with Crippen molar-refractivity contribution in [3.8, 4) is 0 Å². The van der Waals surface area contributed by atoms with Gasteiger partial charge in [-0.25, -0.2) is 0 Å². The molecule has 3 nitrogen and oxygen atoms in total. The number of nitrogens with one attached hydrogen (secondary N) is 2. The zero-order valence-corrected chi connectivity index (χ0v) is 11.1. The molecule has 1 aromatic rings. The summed E-state index contributed by atoms with van der Waals surface area (Å²) in [7, 11) is 0. The molecule has 2 N–H and O–H groups in total. The highest BCUT2D eigenvalue weighted by Crippen LogP contribution is 2.15. The fourth-order valence-electron chi connectivity index (χ4n) is 1.51. The van der Waals surface area contributed by atoms with Crippen molar-refractivity contribution in [2.24, 2.45) is 5.92 Å². The molecular formula is C14H22N2O. The van der Waals surface area contributed by atoms with Crippen molar-refractivity contribution in [2.75, 3.05) is 11.9 Å². The van der Waals surface area contributed by atoms with E-state index in [1.54, 1.807) is 0 Å². The SMILES string of the molecule is CC(C)CNC(=O)c1ccccc1NC(C)C. The van der Waals surface area contributed by atoms with Crippen LogP contribution in [0.1, 0.15) is 38.1 Å². The quantitative estimate of drug-likeness (QED) is 0.822. The highest BCUT2D eigenvalue weighted by molar-refractivity contribution is 5.99. The van der Waals surface area contributed by atoms with Gasteiger partial charge in [-0.2, -0.15) is 0 Å². The van der Waals surface area contributed by atoms with Gasteiger partial charge in [0.05, 0.1) is 5.56 Å². The maximum Gasteiger partial charge on any atom is 0.253 e. The van der Waals surface area contributed by atoms with Crippen LogP contribution in [-0.2, 0) is 0 Å². The Kier molecular flexibility index (Phi) is 5.01. The molecule has 0 bridgehead atoms. The second-order valence-electron chi connectivity index (χ2n) is 4.95. The molecule has 0 aliphatic rings. The summed E-state index contributed by atoms with van der Waals surface area (Å²) in [6.07, 6.45) is 0. The molecule has 0 aliphatic carbocycles. The maximum atomic E-state index is 12.0. The predicted octanol–water partition coefficient (Wildman–Crippen LogP) is 2.89. The van der Waals surface area contributed by atoms with E-state index in [2.05, 4.69) is 38.3 Å². The summed E-state index contributed by atoms with van der Waals surface area (Å²) in [4.78, 5) is 12.0. The first-order valence-corrected chi connectivity index (χ1v) is 6.14.